The molecular formula is C8H15NO5. The second-order valence-electron chi connectivity index (χ2n) is 2.88. The Hall–Kier alpha value is -1.14. The van der Waals surface area contributed by atoms with E-state index in [1.165, 1.54) is 6.92 Å². The van der Waals surface area contributed by atoms with E-state index >= 15 is 0 Å². The van der Waals surface area contributed by atoms with Crippen LogP contribution in [0.3, 0.4) is 0 Å². The number of hydrogen-bond acceptors (Lipinski definition) is 4. The minimum Gasteiger partial charge on any atom is -0.480 e. The van der Waals surface area contributed by atoms with E-state index in [9.17, 15) is 14.7 Å². The van der Waals surface area contributed by atoms with Crippen molar-refractivity contribution >= 4 is 11.9 Å². The van der Waals surface area contributed by atoms with Gasteiger partial charge in [-0.25, -0.2) is 4.79 Å². The Morgan fingerprint density at radius 2 is 1.79 bits per heavy atom. The van der Waals surface area contributed by atoms with E-state index in [2.05, 4.69) is 0 Å². The fraction of sp³-hybridized carbons (Fsp3) is 0.750. The zero-order valence-corrected chi connectivity index (χ0v) is 8.23. The maximum Gasteiger partial charge on any atom is 0.351 e. The molecule has 0 bridgehead atoms. The molecule has 0 aromatic rings. The maximum atomic E-state index is 10.7. The third kappa shape index (κ3) is 2.68. The van der Waals surface area contributed by atoms with Crippen molar-refractivity contribution in [1.82, 2.24) is 4.90 Å². The Bertz CT molecular complexity index is 230. The molecule has 14 heavy (non-hydrogen) atoms. The van der Waals surface area contributed by atoms with Crippen LogP contribution in [0.4, 0.5) is 0 Å². The highest BCUT2D eigenvalue weighted by molar-refractivity contribution is 5.78. The van der Waals surface area contributed by atoms with Crippen molar-refractivity contribution in [2.75, 3.05) is 13.1 Å². The number of aliphatic carboxylic acids is 2. The molecule has 3 N–H and O–H groups in total. The summed E-state index contributed by atoms with van der Waals surface area (Å²) in [5.41, 5.74) is -2.09. The SMILES string of the molecule is CCN(CC(=O)O)[C@](O)(CC)C(=O)O. The van der Waals surface area contributed by atoms with Gasteiger partial charge in [0.15, 0.2) is 0 Å². The van der Waals surface area contributed by atoms with Gasteiger partial charge in [0.1, 0.15) is 0 Å². The van der Waals surface area contributed by atoms with Gasteiger partial charge in [-0.3, -0.25) is 9.69 Å². The Labute approximate surface area is 81.8 Å². The molecular weight excluding hydrogens is 190 g/mol. The van der Waals surface area contributed by atoms with Crippen molar-refractivity contribution in [3.8, 4) is 0 Å². The van der Waals surface area contributed by atoms with Crippen molar-refractivity contribution in [2.45, 2.75) is 26.0 Å². The first kappa shape index (κ1) is 12.9. The molecule has 0 saturated heterocycles. The number of carboxylic acids is 2. The van der Waals surface area contributed by atoms with Crippen LogP contribution in [0.15, 0.2) is 0 Å². The second kappa shape index (κ2) is 4.92. The van der Waals surface area contributed by atoms with Gasteiger partial charge < -0.3 is 15.3 Å². The topological polar surface area (TPSA) is 98.1 Å². The van der Waals surface area contributed by atoms with Crippen LogP contribution in [0.5, 0.6) is 0 Å². The molecule has 0 rings (SSSR count). The molecule has 6 nitrogen and oxygen atoms in total. The first-order chi connectivity index (χ1) is 6.38. The number of nitrogens with zero attached hydrogens (tertiary/aromatic N) is 1. The normalized spacial score (nSPS) is 15.1. The number of carbonyl (C=O) groups is 2. The van der Waals surface area contributed by atoms with Crippen LogP contribution in [0.1, 0.15) is 20.3 Å². The third-order valence-electron chi connectivity index (χ3n) is 2.07. The van der Waals surface area contributed by atoms with Gasteiger partial charge in [-0.15, -0.1) is 0 Å². The average molecular weight is 205 g/mol. The first-order valence-corrected chi connectivity index (χ1v) is 4.31. The van der Waals surface area contributed by atoms with E-state index in [1.807, 2.05) is 0 Å². The van der Waals surface area contributed by atoms with Gasteiger partial charge >= 0.3 is 11.9 Å². The lowest BCUT2D eigenvalue weighted by Crippen LogP contribution is -2.55. The van der Waals surface area contributed by atoms with Crippen LogP contribution in [-0.4, -0.2) is 51.0 Å². The highest BCUT2D eigenvalue weighted by Gasteiger charge is 2.40. The van der Waals surface area contributed by atoms with E-state index in [-0.39, 0.29) is 13.0 Å². The number of likely N-dealkylation sites (N-methyl/N-ethyl adjacent to an activating group) is 1. The van der Waals surface area contributed by atoms with E-state index < -0.39 is 24.2 Å². The molecule has 1 atom stereocenters. The van der Waals surface area contributed by atoms with Gasteiger partial charge in [-0.2, -0.15) is 0 Å². The molecule has 0 fully saturated rings. The van der Waals surface area contributed by atoms with E-state index in [4.69, 9.17) is 10.2 Å². The molecule has 0 aromatic carbocycles. The van der Waals surface area contributed by atoms with E-state index in [0.717, 1.165) is 4.90 Å². The van der Waals surface area contributed by atoms with Gasteiger partial charge in [0.05, 0.1) is 6.54 Å². The Morgan fingerprint density at radius 1 is 1.29 bits per heavy atom. The van der Waals surface area contributed by atoms with Crippen molar-refractivity contribution in [2.24, 2.45) is 0 Å². The maximum absolute atomic E-state index is 10.7. The summed E-state index contributed by atoms with van der Waals surface area (Å²) >= 11 is 0. The number of rotatable bonds is 6. The predicted octanol–water partition coefficient (Wildman–Crippen LogP) is -0.424. The van der Waals surface area contributed by atoms with Crippen LogP contribution in [0.2, 0.25) is 0 Å². The lowest BCUT2D eigenvalue weighted by atomic mass is 10.1. The molecule has 0 aromatic heterocycles. The van der Waals surface area contributed by atoms with E-state index in [1.54, 1.807) is 6.92 Å². The summed E-state index contributed by atoms with van der Waals surface area (Å²) in [7, 11) is 0. The van der Waals surface area contributed by atoms with Gasteiger partial charge in [0.2, 0.25) is 5.72 Å². The van der Waals surface area contributed by atoms with Crippen molar-refractivity contribution in [3.63, 3.8) is 0 Å². The summed E-state index contributed by atoms with van der Waals surface area (Å²) in [4.78, 5) is 22.2. The fourth-order valence-corrected chi connectivity index (χ4v) is 1.18. The predicted molar refractivity (Wildman–Crippen MR) is 47.8 cm³/mol. The van der Waals surface area contributed by atoms with Crippen LogP contribution in [0.25, 0.3) is 0 Å². The molecule has 0 aliphatic carbocycles. The summed E-state index contributed by atoms with van der Waals surface area (Å²) in [6.45, 7) is 2.74. The molecule has 82 valence electrons. The summed E-state index contributed by atoms with van der Waals surface area (Å²) in [6.07, 6.45) is -0.0660. The molecule has 6 heteroatoms. The van der Waals surface area contributed by atoms with Crippen LogP contribution in [-0.2, 0) is 9.59 Å². The van der Waals surface area contributed by atoms with Gasteiger partial charge in [-0.05, 0) is 13.0 Å². The highest BCUT2D eigenvalue weighted by Crippen LogP contribution is 2.16. The monoisotopic (exact) mass is 205 g/mol. The van der Waals surface area contributed by atoms with Crippen LogP contribution in [0, 0.1) is 0 Å². The number of carboxylic acid groups (broad SMARTS) is 2. The van der Waals surface area contributed by atoms with Gasteiger partial charge in [0, 0.05) is 0 Å². The summed E-state index contributed by atoms with van der Waals surface area (Å²) < 4.78 is 0. The molecule has 0 radical (unpaired) electrons. The Morgan fingerprint density at radius 3 is 2.00 bits per heavy atom. The Kier molecular flexibility index (Phi) is 4.52. The van der Waals surface area contributed by atoms with Crippen LogP contribution < -0.4 is 0 Å². The minimum absolute atomic E-state index is 0.0660. The lowest BCUT2D eigenvalue weighted by Gasteiger charge is -2.33. The summed E-state index contributed by atoms with van der Waals surface area (Å²) in [5, 5.41) is 26.9. The van der Waals surface area contributed by atoms with Crippen molar-refractivity contribution in [1.29, 1.82) is 0 Å². The molecule has 0 heterocycles. The van der Waals surface area contributed by atoms with Crippen LogP contribution >= 0.6 is 0 Å². The Balaban J connectivity index is 4.77. The average Bonchev–Trinajstić information content (AvgIpc) is 2.12. The zero-order chi connectivity index (χ0) is 11.4. The second-order valence-corrected chi connectivity index (χ2v) is 2.88. The molecule has 0 amide bonds. The summed E-state index contributed by atoms with van der Waals surface area (Å²) in [5.74, 6) is -2.59. The van der Waals surface area contributed by atoms with Crippen molar-refractivity contribution in [3.05, 3.63) is 0 Å². The number of hydrogen-bond donors (Lipinski definition) is 3. The quantitative estimate of drug-likeness (QED) is 0.509. The zero-order valence-electron chi connectivity index (χ0n) is 8.23. The van der Waals surface area contributed by atoms with E-state index in [0.29, 0.717) is 0 Å². The lowest BCUT2D eigenvalue weighted by molar-refractivity contribution is -0.185. The number of aliphatic hydroxyl groups is 1. The van der Waals surface area contributed by atoms with Gasteiger partial charge in [0.25, 0.3) is 0 Å². The molecule has 0 spiro atoms. The fourth-order valence-electron chi connectivity index (χ4n) is 1.18. The smallest absolute Gasteiger partial charge is 0.351 e. The highest BCUT2D eigenvalue weighted by atomic mass is 16.4. The molecule has 0 unspecified atom stereocenters. The van der Waals surface area contributed by atoms with Gasteiger partial charge in [-0.1, -0.05) is 13.8 Å². The molecule has 0 aliphatic rings. The standard InChI is InChI=1S/C8H15NO5/c1-3-8(14,7(12)13)9(4-2)5-6(10)11/h14H,3-5H2,1-2H3,(H,10,11)(H,12,13)/t8-/m0/s1. The molecule has 0 aliphatic heterocycles. The molecule has 0 saturated carbocycles. The summed E-state index contributed by atoms with van der Waals surface area (Å²) in [6, 6.07) is 0. The van der Waals surface area contributed by atoms with Crippen molar-refractivity contribution < 1.29 is 24.9 Å². The third-order valence-corrected chi connectivity index (χ3v) is 2.07. The minimum atomic E-state index is -2.09. The largest absolute Gasteiger partial charge is 0.480 e. The first-order valence-electron chi connectivity index (χ1n) is 4.31.